The molecule has 2 atom stereocenters. The monoisotopic (exact) mass is 226 g/mol. The van der Waals surface area contributed by atoms with Gasteiger partial charge in [0, 0.05) is 6.42 Å². The Morgan fingerprint density at radius 2 is 2.25 bits per heavy atom. The summed E-state index contributed by atoms with van der Waals surface area (Å²) < 4.78 is 5.11. The molecule has 1 aliphatic heterocycles. The molecule has 4 heteroatoms. The van der Waals surface area contributed by atoms with Crippen LogP contribution < -0.4 is 0 Å². The maximum Gasteiger partial charge on any atom is 0.306 e. The summed E-state index contributed by atoms with van der Waals surface area (Å²) in [5, 5.41) is 9.73. The third-order valence-electron chi connectivity index (χ3n) is 2.53. The highest BCUT2D eigenvalue weighted by molar-refractivity contribution is 5.94. The van der Waals surface area contributed by atoms with Crippen LogP contribution in [0.4, 0.5) is 0 Å². The van der Waals surface area contributed by atoms with E-state index in [1.807, 2.05) is 6.92 Å². The fourth-order valence-corrected chi connectivity index (χ4v) is 1.64. The molecular weight excluding hydrogens is 208 g/mol. The highest BCUT2D eigenvalue weighted by atomic mass is 16.6. The minimum absolute atomic E-state index is 0.333. The Kier molecular flexibility index (Phi) is 5.19. The largest absolute Gasteiger partial charge is 0.459 e. The number of esters is 1. The normalized spacial score (nSPS) is 29.6. The van der Waals surface area contributed by atoms with Crippen molar-refractivity contribution in [2.24, 2.45) is 0 Å². The van der Waals surface area contributed by atoms with Gasteiger partial charge in [0.2, 0.25) is 0 Å². The molecule has 90 valence electrons. The number of hydrogen-bond acceptors (Lipinski definition) is 4. The highest BCUT2D eigenvalue weighted by Crippen LogP contribution is 2.13. The summed E-state index contributed by atoms with van der Waals surface area (Å²) >= 11 is 0. The van der Waals surface area contributed by atoms with Gasteiger partial charge in [0.25, 0.3) is 0 Å². The average Bonchev–Trinajstić information content (AvgIpc) is 2.26. The van der Waals surface area contributed by atoms with Crippen molar-refractivity contribution >= 4 is 11.8 Å². The first-order chi connectivity index (χ1) is 7.65. The lowest BCUT2D eigenvalue weighted by atomic mass is 10.0. The first kappa shape index (κ1) is 12.9. The van der Waals surface area contributed by atoms with Gasteiger partial charge in [0.1, 0.15) is 6.10 Å². The van der Waals surface area contributed by atoms with Crippen LogP contribution in [0.15, 0.2) is 12.2 Å². The van der Waals surface area contributed by atoms with Crippen LogP contribution in [0.2, 0.25) is 0 Å². The Bertz CT molecular complexity index is 283. The Morgan fingerprint density at radius 3 is 2.94 bits per heavy atom. The van der Waals surface area contributed by atoms with Crippen molar-refractivity contribution in [3.8, 4) is 0 Å². The van der Waals surface area contributed by atoms with Gasteiger partial charge in [0.15, 0.2) is 11.9 Å². The molecule has 0 aromatic rings. The average molecular weight is 226 g/mol. The molecule has 0 aliphatic carbocycles. The number of ketones is 1. The maximum absolute atomic E-state index is 11.5. The highest BCUT2D eigenvalue weighted by Gasteiger charge is 2.27. The van der Waals surface area contributed by atoms with E-state index in [-0.39, 0.29) is 11.8 Å². The van der Waals surface area contributed by atoms with E-state index >= 15 is 0 Å². The third-order valence-corrected chi connectivity index (χ3v) is 2.53. The van der Waals surface area contributed by atoms with E-state index in [1.54, 1.807) is 6.08 Å². The summed E-state index contributed by atoms with van der Waals surface area (Å²) in [4.78, 5) is 22.9. The van der Waals surface area contributed by atoms with Crippen molar-refractivity contribution in [1.29, 1.82) is 0 Å². The maximum atomic E-state index is 11.5. The Hall–Kier alpha value is -1.16. The molecule has 0 fully saturated rings. The van der Waals surface area contributed by atoms with Crippen molar-refractivity contribution in [2.75, 3.05) is 0 Å². The molecule has 16 heavy (non-hydrogen) atoms. The summed E-state index contributed by atoms with van der Waals surface area (Å²) in [7, 11) is 0. The second kappa shape index (κ2) is 6.43. The van der Waals surface area contributed by atoms with Crippen molar-refractivity contribution < 1.29 is 19.4 Å². The quantitative estimate of drug-likeness (QED) is 0.722. The zero-order valence-electron chi connectivity index (χ0n) is 9.52. The smallest absolute Gasteiger partial charge is 0.306 e. The van der Waals surface area contributed by atoms with Crippen LogP contribution in [0.3, 0.4) is 0 Å². The van der Waals surface area contributed by atoms with E-state index in [0.717, 1.165) is 6.42 Å². The van der Waals surface area contributed by atoms with Gasteiger partial charge in [-0.25, -0.2) is 0 Å². The van der Waals surface area contributed by atoms with Crippen LogP contribution in [0.25, 0.3) is 0 Å². The molecule has 0 aromatic heterocycles. The van der Waals surface area contributed by atoms with Crippen molar-refractivity contribution in [3.63, 3.8) is 0 Å². The van der Waals surface area contributed by atoms with Crippen molar-refractivity contribution in [3.05, 3.63) is 12.2 Å². The first-order valence-corrected chi connectivity index (χ1v) is 5.73. The SMILES string of the molecule is CCCC1OC(=O)CCC/C=C/C(=O)[C@@H]1O. The molecule has 1 heterocycles. The number of aliphatic hydroxyl groups is 1. The predicted molar refractivity (Wildman–Crippen MR) is 58.8 cm³/mol. The summed E-state index contributed by atoms with van der Waals surface area (Å²) in [6, 6.07) is 0. The van der Waals surface area contributed by atoms with Gasteiger partial charge in [-0.15, -0.1) is 0 Å². The number of hydrogen-bond donors (Lipinski definition) is 1. The van der Waals surface area contributed by atoms with Crippen LogP contribution >= 0.6 is 0 Å². The van der Waals surface area contributed by atoms with E-state index in [4.69, 9.17) is 4.74 Å². The molecular formula is C12H18O4. The molecule has 1 rings (SSSR count). The van der Waals surface area contributed by atoms with Gasteiger partial charge >= 0.3 is 5.97 Å². The van der Waals surface area contributed by atoms with Gasteiger partial charge in [-0.3, -0.25) is 9.59 Å². The number of rotatable bonds is 2. The zero-order valence-corrected chi connectivity index (χ0v) is 9.52. The molecule has 0 radical (unpaired) electrons. The summed E-state index contributed by atoms with van der Waals surface area (Å²) in [6.45, 7) is 1.92. The number of allylic oxidation sites excluding steroid dienone is 1. The van der Waals surface area contributed by atoms with Crippen LogP contribution in [0.1, 0.15) is 39.0 Å². The third kappa shape index (κ3) is 3.77. The molecule has 0 amide bonds. The molecule has 0 saturated heterocycles. The number of carbonyl (C=O) groups excluding carboxylic acids is 2. The lowest BCUT2D eigenvalue weighted by Crippen LogP contribution is -2.37. The zero-order chi connectivity index (χ0) is 12.0. The molecule has 1 unspecified atom stereocenters. The number of ether oxygens (including phenoxy) is 1. The molecule has 0 spiro atoms. The van der Waals surface area contributed by atoms with E-state index in [2.05, 4.69) is 0 Å². The van der Waals surface area contributed by atoms with Gasteiger partial charge < -0.3 is 9.84 Å². The Balaban J connectivity index is 2.76. The number of cyclic esters (lactones) is 1. The Labute approximate surface area is 95.3 Å². The fourth-order valence-electron chi connectivity index (χ4n) is 1.64. The molecule has 1 N–H and O–H groups in total. The second-order valence-electron chi connectivity index (χ2n) is 3.96. The topological polar surface area (TPSA) is 63.6 Å². The van der Waals surface area contributed by atoms with Gasteiger partial charge in [-0.2, -0.15) is 0 Å². The van der Waals surface area contributed by atoms with Gasteiger partial charge in [0.05, 0.1) is 0 Å². The molecule has 0 bridgehead atoms. The summed E-state index contributed by atoms with van der Waals surface area (Å²) in [6.07, 6.45) is 4.10. The van der Waals surface area contributed by atoms with E-state index in [1.165, 1.54) is 6.08 Å². The fraction of sp³-hybridized carbons (Fsp3) is 0.667. The first-order valence-electron chi connectivity index (χ1n) is 5.73. The summed E-state index contributed by atoms with van der Waals surface area (Å²) in [5.41, 5.74) is 0. The van der Waals surface area contributed by atoms with Crippen LogP contribution in [-0.4, -0.2) is 29.1 Å². The van der Waals surface area contributed by atoms with Crippen LogP contribution in [0, 0.1) is 0 Å². The van der Waals surface area contributed by atoms with E-state index < -0.39 is 12.2 Å². The van der Waals surface area contributed by atoms with Crippen LogP contribution in [0.5, 0.6) is 0 Å². The molecule has 0 saturated carbocycles. The van der Waals surface area contributed by atoms with Crippen LogP contribution in [-0.2, 0) is 14.3 Å². The Morgan fingerprint density at radius 1 is 1.50 bits per heavy atom. The lowest BCUT2D eigenvalue weighted by Gasteiger charge is -2.21. The van der Waals surface area contributed by atoms with E-state index in [0.29, 0.717) is 25.7 Å². The van der Waals surface area contributed by atoms with Gasteiger partial charge in [-0.1, -0.05) is 19.4 Å². The van der Waals surface area contributed by atoms with Gasteiger partial charge in [-0.05, 0) is 25.3 Å². The predicted octanol–water partition coefficient (Wildman–Crippen LogP) is 1.37. The number of aliphatic hydroxyl groups excluding tert-OH is 1. The van der Waals surface area contributed by atoms with Crippen molar-refractivity contribution in [1.82, 2.24) is 0 Å². The molecule has 4 nitrogen and oxygen atoms in total. The molecule has 0 aromatic carbocycles. The molecule has 1 aliphatic rings. The second-order valence-corrected chi connectivity index (χ2v) is 3.96. The minimum atomic E-state index is -1.22. The lowest BCUT2D eigenvalue weighted by molar-refractivity contribution is -0.157. The minimum Gasteiger partial charge on any atom is -0.459 e. The number of carbonyl (C=O) groups is 2. The standard InChI is InChI=1S/C12H18O4/c1-2-6-10-12(15)9(13)7-4-3-5-8-11(14)16-10/h4,7,10,12,15H,2-3,5-6,8H2,1H3/b7-4+/t10?,12-/m0/s1. The van der Waals surface area contributed by atoms with Crippen molar-refractivity contribution in [2.45, 2.75) is 51.2 Å². The van der Waals surface area contributed by atoms with E-state index in [9.17, 15) is 14.7 Å². The summed E-state index contributed by atoms with van der Waals surface area (Å²) in [5.74, 6) is -0.714.